The van der Waals surface area contributed by atoms with Gasteiger partial charge in [0.15, 0.2) is 5.56 Å². The molecule has 0 amide bonds. The van der Waals surface area contributed by atoms with Crippen molar-refractivity contribution < 1.29 is 37.7 Å². The Bertz CT molecular complexity index is 513. The molecular weight excluding hydrogens is 260 g/mol. The lowest BCUT2D eigenvalue weighted by atomic mass is 10.1. The molecule has 19 heavy (non-hydrogen) atoms. The van der Waals surface area contributed by atoms with E-state index in [2.05, 4.69) is 14.2 Å². The molecule has 0 saturated carbocycles. The van der Waals surface area contributed by atoms with Crippen LogP contribution in [-0.2, 0) is 14.2 Å². The highest BCUT2D eigenvalue weighted by Crippen LogP contribution is 2.31. The number of carbonyl (C=O) groups is 3. The molecule has 0 fully saturated rings. The Balaban J connectivity index is 3.58. The highest BCUT2D eigenvalue weighted by atomic mass is 16.6. The molecule has 0 aliphatic heterocycles. The van der Waals surface area contributed by atoms with E-state index in [-0.39, 0.29) is 11.5 Å². The SMILES string of the molecule is COC(=O)c1oc(OC)c(C(=O)OC)c1C(=O)OC. The summed E-state index contributed by atoms with van der Waals surface area (Å²) in [5.74, 6) is -3.64. The second-order valence-electron chi connectivity index (χ2n) is 3.15. The van der Waals surface area contributed by atoms with Gasteiger partial charge in [-0.25, -0.2) is 14.4 Å². The van der Waals surface area contributed by atoms with Crippen molar-refractivity contribution in [3.05, 3.63) is 16.9 Å². The van der Waals surface area contributed by atoms with Crippen LogP contribution in [0.25, 0.3) is 0 Å². The van der Waals surface area contributed by atoms with E-state index in [1.807, 2.05) is 0 Å². The molecule has 8 heteroatoms. The van der Waals surface area contributed by atoms with Crippen molar-refractivity contribution in [3.8, 4) is 5.95 Å². The van der Waals surface area contributed by atoms with Crippen molar-refractivity contribution in [2.24, 2.45) is 0 Å². The molecular formula is C11H12O8. The highest BCUT2D eigenvalue weighted by molar-refractivity contribution is 6.10. The Morgan fingerprint density at radius 3 is 1.68 bits per heavy atom. The normalized spacial score (nSPS) is 9.68. The summed E-state index contributed by atoms with van der Waals surface area (Å²) in [6.45, 7) is 0. The molecule has 1 aromatic rings. The zero-order valence-electron chi connectivity index (χ0n) is 10.8. The van der Waals surface area contributed by atoms with Crippen LogP contribution >= 0.6 is 0 Å². The Labute approximate surface area is 108 Å². The summed E-state index contributed by atoms with van der Waals surface area (Å²) in [5, 5.41) is 0. The molecule has 0 unspecified atom stereocenters. The summed E-state index contributed by atoms with van der Waals surface area (Å²) in [7, 11) is 4.49. The van der Waals surface area contributed by atoms with Crippen LogP contribution in [0.4, 0.5) is 0 Å². The van der Waals surface area contributed by atoms with Gasteiger partial charge < -0.3 is 23.4 Å². The molecule has 1 aromatic heterocycles. The molecule has 0 aliphatic carbocycles. The fourth-order valence-corrected chi connectivity index (χ4v) is 1.37. The van der Waals surface area contributed by atoms with Crippen LogP contribution in [0.15, 0.2) is 4.42 Å². The Hall–Kier alpha value is -2.51. The Kier molecular flexibility index (Phi) is 4.51. The third-order valence-corrected chi connectivity index (χ3v) is 2.21. The fourth-order valence-electron chi connectivity index (χ4n) is 1.37. The van der Waals surface area contributed by atoms with Crippen molar-refractivity contribution in [3.63, 3.8) is 0 Å². The third-order valence-electron chi connectivity index (χ3n) is 2.21. The van der Waals surface area contributed by atoms with Gasteiger partial charge in [0.25, 0.3) is 0 Å². The Morgan fingerprint density at radius 1 is 0.789 bits per heavy atom. The topological polar surface area (TPSA) is 101 Å². The number of hydrogen-bond acceptors (Lipinski definition) is 8. The quantitative estimate of drug-likeness (QED) is 0.581. The van der Waals surface area contributed by atoms with E-state index in [4.69, 9.17) is 9.15 Å². The number of ether oxygens (including phenoxy) is 4. The molecule has 0 spiro atoms. The first kappa shape index (κ1) is 14.6. The van der Waals surface area contributed by atoms with E-state index in [0.717, 1.165) is 21.3 Å². The summed E-state index contributed by atoms with van der Waals surface area (Å²) in [6.07, 6.45) is 0. The van der Waals surface area contributed by atoms with Crippen molar-refractivity contribution in [1.29, 1.82) is 0 Å². The zero-order valence-corrected chi connectivity index (χ0v) is 10.8. The monoisotopic (exact) mass is 272 g/mol. The zero-order chi connectivity index (χ0) is 14.6. The van der Waals surface area contributed by atoms with Gasteiger partial charge in [-0.1, -0.05) is 0 Å². The molecule has 0 saturated heterocycles. The smallest absolute Gasteiger partial charge is 0.375 e. The largest absolute Gasteiger partial charge is 0.468 e. The molecule has 104 valence electrons. The second-order valence-corrected chi connectivity index (χ2v) is 3.15. The van der Waals surface area contributed by atoms with Crippen molar-refractivity contribution in [1.82, 2.24) is 0 Å². The molecule has 1 rings (SSSR count). The van der Waals surface area contributed by atoms with E-state index < -0.39 is 29.2 Å². The van der Waals surface area contributed by atoms with E-state index in [1.54, 1.807) is 0 Å². The molecule has 0 N–H and O–H groups in total. The minimum absolute atomic E-state index is 0.336. The van der Waals surface area contributed by atoms with Crippen molar-refractivity contribution >= 4 is 17.9 Å². The first-order valence-electron chi connectivity index (χ1n) is 4.97. The fraction of sp³-hybridized carbons (Fsp3) is 0.364. The molecule has 0 bridgehead atoms. The predicted molar refractivity (Wildman–Crippen MR) is 59.3 cm³/mol. The molecule has 0 radical (unpaired) electrons. The first-order chi connectivity index (χ1) is 9.01. The lowest BCUT2D eigenvalue weighted by Crippen LogP contribution is -2.14. The van der Waals surface area contributed by atoms with Crippen molar-refractivity contribution in [2.75, 3.05) is 28.4 Å². The van der Waals surface area contributed by atoms with Gasteiger partial charge in [-0.05, 0) is 0 Å². The number of carbonyl (C=O) groups excluding carboxylic acids is 3. The lowest BCUT2D eigenvalue weighted by Gasteiger charge is -2.02. The molecule has 0 aliphatic rings. The van der Waals surface area contributed by atoms with Gasteiger partial charge >= 0.3 is 23.9 Å². The molecule has 8 nitrogen and oxygen atoms in total. The minimum atomic E-state index is -0.951. The maximum absolute atomic E-state index is 11.7. The maximum Gasteiger partial charge on any atom is 0.375 e. The minimum Gasteiger partial charge on any atom is -0.468 e. The number of methoxy groups -OCH3 is 4. The maximum atomic E-state index is 11.7. The summed E-state index contributed by atoms with van der Waals surface area (Å²) in [4.78, 5) is 34.8. The van der Waals surface area contributed by atoms with Crippen LogP contribution in [0.2, 0.25) is 0 Å². The first-order valence-corrected chi connectivity index (χ1v) is 4.97. The van der Waals surface area contributed by atoms with Crippen LogP contribution in [0.3, 0.4) is 0 Å². The summed E-state index contributed by atoms with van der Waals surface area (Å²) < 4.78 is 23.2. The van der Waals surface area contributed by atoms with E-state index >= 15 is 0 Å². The number of furan rings is 1. The molecule has 0 atom stereocenters. The predicted octanol–water partition coefficient (Wildman–Crippen LogP) is 0.648. The number of hydrogen-bond donors (Lipinski definition) is 0. The van der Waals surface area contributed by atoms with Crippen molar-refractivity contribution in [2.45, 2.75) is 0 Å². The average molecular weight is 272 g/mol. The molecule has 0 aromatic carbocycles. The Morgan fingerprint density at radius 2 is 1.26 bits per heavy atom. The van der Waals surface area contributed by atoms with Crippen LogP contribution in [-0.4, -0.2) is 46.3 Å². The van der Waals surface area contributed by atoms with Gasteiger partial charge in [-0.3, -0.25) is 0 Å². The van der Waals surface area contributed by atoms with E-state index in [9.17, 15) is 14.4 Å². The van der Waals surface area contributed by atoms with Gasteiger partial charge in [-0.2, -0.15) is 0 Å². The van der Waals surface area contributed by atoms with E-state index in [1.165, 1.54) is 7.11 Å². The average Bonchev–Trinajstić information content (AvgIpc) is 2.83. The summed E-state index contributed by atoms with van der Waals surface area (Å²) in [6, 6.07) is 0. The standard InChI is InChI=1S/C11H12O8/c1-15-8(12)5-6(9(13)16-2)11(18-4)19-7(5)10(14)17-3/h1-4H3. The third kappa shape index (κ3) is 2.51. The van der Waals surface area contributed by atoms with Crippen LogP contribution in [0.1, 0.15) is 31.3 Å². The van der Waals surface area contributed by atoms with Gasteiger partial charge in [0, 0.05) is 0 Å². The van der Waals surface area contributed by atoms with Crippen LogP contribution in [0.5, 0.6) is 5.95 Å². The van der Waals surface area contributed by atoms with Gasteiger partial charge in [0.05, 0.1) is 28.4 Å². The number of rotatable bonds is 4. The highest BCUT2D eigenvalue weighted by Gasteiger charge is 2.36. The summed E-state index contributed by atoms with van der Waals surface area (Å²) >= 11 is 0. The lowest BCUT2D eigenvalue weighted by molar-refractivity contribution is 0.0522. The number of esters is 3. The van der Waals surface area contributed by atoms with Gasteiger partial charge in [-0.15, -0.1) is 0 Å². The van der Waals surface area contributed by atoms with Crippen LogP contribution < -0.4 is 4.74 Å². The van der Waals surface area contributed by atoms with Gasteiger partial charge in [0.1, 0.15) is 5.56 Å². The second kappa shape index (κ2) is 5.89. The van der Waals surface area contributed by atoms with E-state index in [0.29, 0.717) is 0 Å². The summed E-state index contributed by atoms with van der Waals surface area (Å²) in [5.41, 5.74) is -0.740. The van der Waals surface area contributed by atoms with Crippen LogP contribution in [0, 0.1) is 0 Å². The van der Waals surface area contributed by atoms with Gasteiger partial charge in [0.2, 0.25) is 5.76 Å². The molecule has 1 heterocycles.